The Morgan fingerprint density at radius 1 is 1.00 bits per heavy atom. The molecule has 0 bridgehead atoms. The van der Waals surface area contributed by atoms with Gasteiger partial charge in [-0.05, 0) is 42.5 Å². The molecule has 0 radical (unpaired) electrons. The van der Waals surface area contributed by atoms with E-state index in [1.807, 2.05) is 0 Å². The number of nitrogens with one attached hydrogen (secondary N) is 1. The van der Waals surface area contributed by atoms with Gasteiger partial charge >= 0.3 is 0 Å². The molecule has 0 aromatic heterocycles. The number of sulfone groups is 1. The molecule has 132 valence electrons. The van der Waals surface area contributed by atoms with Crippen molar-refractivity contribution in [2.24, 2.45) is 0 Å². The minimum atomic E-state index is -3.22. The highest BCUT2D eigenvalue weighted by atomic mass is 32.2. The molecule has 0 aliphatic heterocycles. The fraction of sp³-hybridized carbons (Fsp3) is 0.167. The van der Waals surface area contributed by atoms with E-state index < -0.39 is 9.84 Å². The van der Waals surface area contributed by atoms with E-state index in [0.717, 1.165) is 6.26 Å². The lowest BCUT2D eigenvalue weighted by molar-refractivity contribution is 0.104. The summed E-state index contributed by atoms with van der Waals surface area (Å²) in [6, 6.07) is 11.2. The van der Waals surface area contributed by atoms with Crippen LogP contribution in [0.5, 0.6) is 11.5 Å². The first kappa shape index (κ1) is 18.5. The molecule has 0 spiro atoms. The highest BCUT2D eigenvalue weighted by Crippen LogP contribution is 2.27. The maximum atomic E-state index is 12.2. The van der Waals surface area contributed by atoms with Crippen LogP contribution in [0, 0.1) is 0 Å². The Balaban J connectivity index is 2.05. The summed E-state index contributed by atoms with van der Waals surface area (Å²) in [5, 5.41) is 2.92. The maximum Gasteiger partial charge on any atom is 0.187 e. The molecule has 0 unspecified atom stereocenters. The Hall–Kier alpha value is -2.80. The number of allylic oxidation sites excluding steroid dienone is 1. The van der Waals surface area contributed by atoms with Gasteiger partial charge in [0.15, 0.2) is 27.1 Å². The van der Waals surface area contributed by atoms with Gasteiger partial charge in [0.05, 0.1) is 19.1 Å². The summed E-state index contributed by atoms with van der Waals surface area (Å²) in [7, 11) is -0.194. The standard InChI is InChI=1S/C18H19NO5S/c1-23-17-9-4-13(12-18(17)24-2)16(20)10-11-19-14-5-7-15(8-6-14)25(3,21)22/h4-12,19H,1-3H3. The van der Waals surface area contributed by atoms with Crippen LogP contribution in [-0.4, -0.2) is 34.7 Å². The largest absolute Gasteiger partial charge is 0.493 e. The maximum absolute atomic E-state index is 12.2. The van der Waals surface area contributed by atoms with Crippen LogP contribution in [0.1, 0.15) is 10.4 Å². The van der Waals surface area contributed by atoms with Gasteiger partial charge in [0.1, 0.15) is 0 Å². The van der Waals surface area contributed by atoms with E-state index in [4.69, 9.17) is 9.47 Å². The minimum absolute atomic E-state index is 0.207. The molecule has 0 aliphatic carbocycles. The van der Waals surface area contributed by atoms with Crippen LogP contribution in [0.25, 0.3) is 0 Å². The third-order valence-corrected chi connectivity index (χ3v) is 4.56. The van der Waals surface area contributed by atoms with Gasteiger partial charge in [0.2, 0.25) is 0 Å². The zero-order valence-corrected chi connectivity index (χ0v) is 15.0. The van der Waals surface area contributed by atoms with Gasteiger partial charge in [-0.25, -0.2) is 8.42 Å². The quantitative estimate of drug-likeness (QED) is 0.603. The first-order valence-electron chi connectivity index (χ1n) is 7.34. The third-order valence-electron chi connectivity index (χ3n) is 3.44. The topological polar surface area (TPSA) is 81.7 Å². The van der Waals surface area contributed by atoms with Crippen molar-refractivity contribution >= 4 is 21.3 Å². The van der Waals surface area contributed by atoms with Crippen molar-refractivity contribution < 1.29 is 22.7 Å². The molecule has 6 nitrogen and oxygen atoms in total. The zero-order valence-electron chi connectivity index (χ0n) is 14.1. The molecular weight excluding hydrogens is 342 g/mol. The molecule has 0 saturated carbocycles. The van der Waals surface area contributed by atoms with Crippen molar-refractivity contribution in [1.29, 1.82) is 0 Å². The first-order valence-corrected chi connectivity index (χ1v) is 9.24. The lowest BCUT2D eigenvalue weighted by atomic mass is 10.1. The second kappa shape index (κ2) is 7.85. The van der Waals surface area contributed by atoms with Crippen LogP contribution in [0.2, 0.25) is 0 Å². The molecule has 0 fully saturated rings. The van der Waals surface area contributed by atoms with Crippen LogP contribution in [0.3, 0.4) is 0 Å². The van der Waals surface area contributed by atoms with E-state index in [1.54, 1.807) is 30.3 Å². The molecule has 2 rings (SSSR count). The molecule has 0 saturated heterocycles. The highest BCUT2D eigenvalue weighted by molar-refractivity contribution is 7.90. The number of methoxy groups -OCH3 is 2. The van der Waals surface area contributed by atoms with Crippen molar-refractivity contribution in [3.05, 3.63) is 60.3 Å². The lowest BCUT2D eigenvalue weighted by Gasteiger charge is -2.08. The van der Waals surface area contributed by atoms with Crippen LogP contribution in [-0.2, 0) is 9.84 Å². The SMILES string of the molecule is COc1ccc(C(=O)C=CNc2ccc(S(C)(=O)=O)cc2)cc1OC. The van der Waals surface area contributed by atoms with Gasteiger partial charge in [-0.2, -0.15) is 0 Å². The summed E-state index contributed by atoms with van der Waals surface area (Å²) in [5.41, 5.74) is 1.13. The van der Waals surface area contributed by atoms with Crippen molar-refractivity contribution in [3.8, 4) is 11.5 Å². The normalized spacial score (nSPS) is 11.3. The summed E-state index contributed by atoms with van der Waals surface area (Å²) < 4.78 is 33.1. The predicted octanol–water partition coefficient (Wildman–Crippen LogP) is 2.92. The fourth-order valence-electron chi connectivity index (χ4n) is 2.10. The second-order valence-electron chi connectivity index (χ2n) is 5.21. The zero-order chi connectivity index (χ0) is 18.4. The van der Waals surface area contributed by atoms with E-state index in [-0.39, 0.29) is 10.7 Å². The Labute approximate surface area is 147 Å². The molecule has 0 amide bonds. The Morgan fingerprint density at radius 2 is 1.64 bits per heavy atom. The number of ketones is 1. The first-order chi connectivity index (χ1) is 11.8. The van der Waals surface area contributed by atoms with Gasteiger partial charge in [-0.3, -0.25) is 4.79 Å². The predicted molar refractivity (Wildman–Crippen MR) is 96.2 cm³/mol. The number of hydrogen-bond acceptors (Lipinski definition) is 6. The Morgan fingerprint density at radius 3 is 2.20 bits per heavy atom. The van der Waals surface area contributed by atoms with Crippen molar-refractivity contribution in [2.45, 2.75) is 4.90 Å². The third kappa shape index (κ3) is 4.84. The number of benzene rings is 2. The molecule has 0 atom stereocenters. The summed E-state index contributed by atoms with van der Waals surface area (Å²) in [4.78, 5) is 12.4. The molecule has 25 heavy (non-hydrogen) atoms. The van der Waals surface area contributed by atoms with Crippen molar-refractivity contribution in [1.82, 2.24) is 0 Å². The smallest absolute Gasteiger partial charge is 0.187 e. The van der Waals surface area contributed by atoms with Crippen molar-refractivity contribution in [3.63, 3.8) is 0 Å². The molecular formula is C18H19NO5S. The summed E-state index contributed by atoms with van der Waals surface area (Å²) in [5.74, 6) is 0.819. The monoisotopic (exact) mass is 361 g/mol. The van der Waals surface area contributed by atoms with Gasteiger partial charge < -0.3 is 14.8 Å². The van der Waals surface area contributed by atoms with Crippen molar-refractivity contribution in [2.75, 3.05) is 25.8 Å². The number of hydrogen-bond donors (Lipinski definition) is 1. The molecule has 1 N–H and O–H groups in total. The van der Waals surface area contributed by atoms with Gasteiger partial charge in [0.25, 0.3) is 0 Å². The highest BCUT2D eigenvalue weighted by Gasteiger charge is 2.09. The fourth-order valence-corrected chi connectivity index (χ4v) is 2.73. The van der Waals surface area contributed by atoms with Crippen LogP contribution < -0.4 is 14.8 Å². The van der Waals surface area contributed by atoms with E-state index in [2.05, 4.69) is 5.32 Å². The number of carbonyl (C=O) groups excluding carboxylic acids is 1. The average molecular weight is 361 g/mol. The molecule has 0 aliphatic rings. The van der Waals surface area contributed by atoms with E-state index in [1.165, 1.54) is 38.6 Å². The van der Waals surface area contributed by atoms with Gasteiger partial charge in [0, 0.05) is 29.8 Å². The molecule has 2 aromatic carbocycles. The molecule has 0 heterocycles. The molecule has 2 aromatic rings. The van der Waals surface area contributed by atoms with E-state index in [0.29, 0.717) is 22.7 Å². The Bertz CT molecular complexity index is 886. The van der Waals surface area contributed by atoms with E-state index >= 15 is 0 Å². The molecule has 7 heteroatoms. The average Bonchev–Trinajstić information content (AvgIpc) is 2.60. The summed E-state index contributed by atoms with van der Waals surface area (Å²) in [6.45, 7) is 0. The Kier molecular flexibility index (Phi) is 5.82. The summed E-state index contributed by atoms with van der Waals surface area (Å²) in [6.07, 6.45) is 4.03. The summed E-state index contributed by atoms with van der Waals surface area (Å²) >= 11 is 0. The second-order valence-corrected chi connectivity index (χ2v) is 7.22. The van der Waals surface area contributed by atoms with Gasteiger partial charge in [-0.15, -0.1) is 0 Å². The number of anilines is 1. The van der Waals surface area contributed by atoms with Crippen LogP contribution >= 0.6 is 0 Å². The lowest BCUT2D eigenvalue weighted by Crippen LogP contribution is -1.99. The van der Waals surface area contributed by atoms with Crippen LogP contribution in [0.4, 0.5) is 5.69 Å². The van der Waals surface area contributed by atoms with Crippen LogP contribution in [0.15, 0.2) is 59.6 Å². The van der Waals surface area contributed by atoms with Gasteiger partial charge in [-0.1, -0.05) is 0 Å². The van der Waals surface area contributed by atoms with E-state index in [9.17, 15) is 13.2 Å². The minimum Gasteiger partial charge on any atom is -0.493 e. The number of carbonyl (C=O) groups is 1. The number of rotatable bonds is 7. The number of ether oxygens (including phenoxy) is 2.